The third-order valence-corrected chi connectivity index (χ3v) is 5.80. The van der Waals surface area contributed by atoms with Gasteiger partial charge in [-0.2, -0.15) is 0 Å². The highest BCUT2D eigenvalue weighted by molar-refractivity contribution is 5.71. The van der Waals surface area contributed by atoms with Crippen LogP contribution in [-0.4, -0.2) is 7.05 Å². The minimum atomic E-state index is 0.924. The van der Waals surface area contributed by atoms with Crippen LogP contribution in [0.2, 0.25) is 0 Å². The van der Waals surface area contributed by atoms with Crippen LogP contribution in [-0.2, 0) is 0 Å². The quantitative estimate of drug-likeness (QED) is 0.297. The van der Waals surface area contributed by atoms with E-state index in [1.807, 2.05) is 6.08 Å². The Bertz CT molecular complexity index is 1100. The molecule has 0 amide bonds. The van der Waals surface area contributed by atoms with Gasteiger partial charge < -0.3 is 4.90 Å². The second-order valence-electron chi connectivity index (χ2n) is 8.52. The van der Waals surface area contributed by atoms with E-state index in [0.717, 1.165) is 30.6 Å². The van der Waals surface area contributed by atoms with Gasteiger partial charge in [-0.1, -0.05) is 103 Å². The molecule has 1 aliphatic carbocycles. The summed E-state index contributed by atoms with van der Waals surface area (Å²) in [6.07, 6.45) is 24.8. The molecule has 3 rings (SSSR count). The van der Waals surface area contributed by atoms with Gasteiger partial charge in [0.25, 0.3) is 0 Å². The number of rotatable bonds is 8. The van der Waals surface area contributed by atoms with Crippen molar-refractivity contribution in [2.45, 2.75) is 33.1 Å². The van der Waals surface area contributed by atoms with Crippen molar-refractivity contribution in [1.82, 2.24) is 0 Å². The van der Waals surface area contributed by atoms with Crippen LogP contribution in [0, 0.1) is 6.92 Å². The van der Waals surface area contributed by atoms with Crippen LogP contribution < -0.4 is 4.90 Å². The average molecular weight is 434 g/mol. The highest BCUT2D eigenvalue weighted by Gasteiger charge is 2.03. The van der Waals surface area contributed by atoms with E-state index in [1.165, 1.54) is 27.8 Å². The van der Waals surface area contributed by atoms with E-state index in [-0.39, 0.29) is 0 Å². The van der Waals surface area contributed by atoms with Gasteiger partial charge in [0.2, 0.25) is 0 Å². The Balaban J connectivity index is 1.62. The zero-order valence-corrected chi connectivity index (χ0v) is 20.2. The maximum atomic E-state index is 4.01. The van der Waals surface area contributed by atoms with Gasteiger partial charge in [0.15, 0.2) is 0 Å². The smallest absolute Gasteiger partial charge is 0.0408 e. The number of aryl methyl sites for hydroxylation is 1. The van der Waals surface area contributed by atoms with Gasteiger partial charge in [0.1, 0.15) is 0 Å². The Morgan fingerprint density at radius 1 is 0.939 bits per heavy atom. The van der Waals surface area contributed by atoms with Gasteiger partial charge in [0, 0.05) is 18.4 Å². The molecule has 168 valence electrons. The Morgan fingerprint density at radius 3 is 2.27 bits per heavy atom. The minimum Gasteiger partial charge on any atom is -0.345 e. The fourth-order valence-electron chi connectivity index (χ4n) is 3.59. The molecular weight excluding hydrogens is 398 g/mol. The SMILES string of the molecule is C=C/C(=C\C=C/C/C1=C/C=C(\C)CCC=C1)N(C)c1ccc(/C=C/c2ccc(C)cc2)cc1. The maximum Gasteiger partial charge on any atom is 0.0408 e. The average Bonchev–Trinajstić information content (AvgIpc) is 2.82. The number of allylic oxidation sites excluding steroid dienone is 10. The zero-order chi connectivity index (χ0) is 23.5. The van der Waals surface area contributed by atoms with Gasteiger partial charge in [-0.3, -0.25) is 0 Å². The molecule has 1 nitrogen and oxygen atoms in total. The summed E-state index contributed by atoms with van der Waals surface area (Å²) in [6.45, 7) is 8.32. The highest BCUT2D eigenvalue weighted by atomic mass is 15.1. The number of benzene rings is 2. The molecule has 0 saturated heterocycles. The lowest BCUT2D eigenvalue weighted by Gasteiger charge is -2.20. The Morgan fingerprint density at radius 2 is 1.61 bits per heavy atom. The Kier molecular flexibility index (Phi) is 9.08. The largest absolute Gasteiger partial charge is 0.345 e. The first kappa shape index (κ1) is 24.1. The fraction of sp³-hybridized carbons (Fsp3) is 0.188. The lowest BCUT2D eigenvalue weighted by molar-refractivity contribution is 0.970. The summed E-state index contributed by atoms with van der Waals surface area (Å²) in [4.78, 5) is 2.16. The molecule has 0 fully saturated rings. The summed E-state index contributed by atoms with van der Waals surface area (Å²) in [5.74, 6) is 0. The molecule has 33 heavy (non-hydrogen) atoms. The topological polar surface area (TPSA) is 3.24 Å². The summed E-state index contributed by atoms with van der Waals surface area (Å²) in [7, 11) is 2.08. The molecule has 0 atom stereocenters. The van der Waals surface area contributed by atoms with Crippen molar-refractivity contribution in [3.05, 3.63) is 137 Å². The van der Waals surface area contributed by atoms with Crippen LogP contribution in [0.15, 0.2) is 121 Å². The molecular formula is C32H35N. The molecule has 2 aromatic rings. The van der Waals surface area contributed by atoms with Crippen LogP contribution in [0.4, 0.5) is 5.69 Å². The molecule has 0 unspecified atom stereocenters. The molecule has 0 saturated carbocycles. The Labute approximate surface area is 200 Å². The summed E-state index contributed by atoms with van der Waals surface area (Å²) in [6, 6.07) is 17.2. The molecule has 1 heteroatoms. The standard InChI is InChI=1S/C32H35N/c1-5-31(13-9-8-12-28-11-7-6-10-26(2)14-17-28)33(4)32-24-22-30(23-25-32)21-20-29-18-15-27(3)16-19-29/h5,7-9,11,13-25H,1,6,10,12H2,2-4H3/b9-8-,11-7?,21-20+,26-14+,28-17+,31-13+. The van der Waals surface area contributed by atoms with Crippen molar-refractivity contribution in [1.29, 1.82) is 0 Å². The van der Waals surface area contributed by atoms with Crippen molar-refractivity contribution in [2.24, 2.45) is 0 Å². The molecule has 0 heterocycles. The molecule has 1 aliphatic rings. The van der Waals surface area contributed by atoms with Crippen molar-refractivity contribution in [3.63, 3.8) is 0 Å². The predicted octanol–water partition coefficient (Wildman–Crippen LogP) is 8.84. The van der Waals surface area contributed by atoms with Crippen molar-refractivity contribution in [3.8, 4) is 0 Å². The first-order chi connectivity index (χ1) is 16.0. The lowest BCUT2D eigenvalue weighted by Crippen LogP contribution is -2.14. The van der Waals surface area contributed by atoms with Gasteiger partial charge in [-0.05, 0) is 74.1 Å². The summed E-state index contributed by atoms with van der Waals surface area (Å²) in [5.41, 5.74) is 8.64. The van der Waals surface area contributed by atoms with Crippen LogP contribution in [0.3, 0.4) is 0 Å². The van der Waals surface area contributed by atoms with Crippen molar-refractivity contribution in [2.75, 3.05) is 11.9 Å². The van der Waals surface area contributed by atoms with E-state index >= 15 is 0 Å². The van der Waals surface area contributed by atoms with Crippen LogP contribution in [0.25, 0.3) is 12.2 Å². The first-order valence-corrected chi connectivity index (χ1v) is 11.7. The van der Waals surface area contributed by atoms with Crippen LogP contribution in [0.5, 0.6) is 0 Å². The normalized spacial score (nSPS) is 17.8. The molecule has 0 radical (unpaired) electrons. The van der Waals surface area contributed by atoms with Gasteiger partial charge >= 0.3 is 0 Å². The zero-order valence-electron chi connectivity index (χ0n) is 20.2. The molecule has 0 aromatic heterocycles. The number of anilines is 1. The summed E-state index contributed by atoms with van der Waals surface area (Å²) in [5, 5.41) is 0. The predicted molar refractivity (Wildman–Crippen MR) is 147 cm³/mol. The molecule has 0 aliphatic heterocycles. The molecule has 0 N–H and O–H groups in total. The maximum absolute atomic E-state index is 4.01. The number of hydrogen-bond acceptors (Lipinski definition) is 1. The molecule has 2 aromatic carbocycles. The van der Waals surface area contributed by atoms with E-state index in [2.05, 4.69) is 136 Å². The van der Waals surface area contributed by atoms with Gasteiger partial charge in [0.05, 0.1) is 0 Å². The number of likely N-dealkylation sites (N-methyl/N-ethyl adjacent to an activating group) is 1. The third-order valence-electron chi connectivity index (χ3n) is 5.80. The van der Waals surface area contributed by atoms with E-state index in [0.29, 0.717) is 0 Å². The first-order valence-electron chi connectivity index (χ1n) is 11.7. The third kappa shape index (κ3) is 7.80. The van der Waals surface area contributed by atoms with E-state index in [4.69, 9.17) is 0 Å². The molecule has 0 spiro atoms. The highest BCUT2D eigenvalue weighted by Crippen LogP contribution is 2.20. The van der Waals surface area contributed by atoms with Crippen LogP contribution in [0.1, 0.15) is 42.9 Å². The second-order valence-corrected chi connectivity index (χ2v) is 8.52. The molecule has 0 bridgehead atoms. The Hall–Kier alpha value is -3.58. The lowest BCUT2D eigenvalue weighted by atomic mass is 10.0. The van der Waals surface area contributed by atoms with Crippen LogP contribution >= 0.6 is 0 Å². The minimum absolute atomic E-state index is 0.924. The van der Waals surface area contributed by atoms with E-state index in [9.17, 15) is 0 Å². The fourth-order valence-corrected chi connectivity index (χ4v) is 3.59. The van der Waals surface area contributed by atoms with E-state index < -0.39 is 0 Å². The van der Waals surface area contributed by atoms with Gasteiger partial charge in [-0.25, -0.2) is 0 Å². The summed E-state index contributed by atoms with van der Waals surface area (Å²) < 4.78 is 0. The monoisotopic (exact) mass is 433 g/mol. The number of hydrogen-bond donors (Lipinski definition) is 0. The van der Waals surface area contributed by atoms with Crippen molar-refractivity contribution < 1.29 is 0 Å². The number of nitrogens with zero attached hydrogens (tertiary/aromatic N) is 1. The van der Waals surface area contributed by atoms with Crippen molar-refractivity contribution >= 4 is 17.8 Å². The van der Waals surface area contributed by atoms with E-state index in [1.54, 1.807) is 0 Å². The van der Waals surface area contributed by atoms with Gasteiger partial charge in [-0.15, -0.1) is 0 Å². The summed E-state index contributed by atoms with van der Waals surface area (Å²) >= 11 is 0. The second kappa shape index (κ2) is 12.5.